The van der Waals surface area contributed by atoms with Crippen LogP contribution in [0.4, 0.5) is 5.82 Å². The van der Waals surface area contributed by atoms with Gasteiger partial charge in [0, 0.05) is 14.1 Å². The van der Waals surface area contributed by atoms with Crippen LogP contribution < -0.4 is 4.72 Å². The second kappa shape index (κ2) is 5.80. The van der Waals surface area contributed by atoms with Crippen LogP contribution in [-0.4, -0.2) is 43.5 Å². The Hall–Kier alpha value is -2.35. The van der Waals surface area contributed by atoms with Crippen LogP contribution >= 0.6 is 0 Å². The molecule has 2 rings (SSSR count). The summed E-state index contributed by atoms with van der Waals surface area (Å²) in [5.74, 6) is -0.288. The van der Waals surface area contributed by atoms with Crippen molar-refractivity contribution < 1.29 is 13.2 Å². The van der Waals surface area contributed by atoms with Gasteiger partial charge in [-0.1, -0.05) is 6.07 Å². The topological polar surface area (TPSA) is 95.2 Å². The highest BCUT2D eigenvalue weighted by molar-refractivity contribution is 7.92. The molecular formula is C14H18N4O3S. The second-order valence-electron chi connectivity index (χ2n) is 5.21. The first kappa shape index (κ1) is 16.0. The number of aromatic nitrogens is 2. The van der Waals surface area contributed by atoms with Gasteiger partial charge in [-0.2, -0.15) is 5.10 Å². The van der Waals surface area contributed by atoms with Crippen LogP contribution in [0, 0.1) is 13.8 Å². The van der Waals surface area contributed by atoms with E-state index >= 15 is 0 Å². The number of sulfonamides is 1. The minimum absolute atomic E-state index is 0.0527. The van der Waals surface area contributed by atoms with Crippen molar-refractivity contribution in [1.29, 1.82) is 0 Å². The van der Waals surface area contributed by atoms with Crippen molar-refractivity contribution >= 4 is 21.7 Å². The SMILES string of the molecule is Cc1ccc(S(=O)(=O)Nc2[nH]ncc2C(=O)N(C)C)cc1C. The maximum Gasteiger partial charge on any atom is 0.263 e. The van der Waals surface area contributed by atoms with Gasteiger partial charge in [-0.05, 0) is 37.1 Å². The molecule has 0 unspecified atom stereocenters. The minimum atomic E-state index is -3.80. The zero-order valence-corrected chi connectivity index (χ0v) is 13.7. The number of nitrogens with one attached hydrogen (secondary N) is 2. The Morgan fingerprint density at radius 1 is 1.23 bits per heavy atom. The zero-order valence-electron chi connectivity index (χ0n) is 12.8. The van der Waals surface area contributed by atoms with E-state index in [1.807, 2.05) is 13.8 Å². The number of rotatable bonds is 4. The van der Waals surface area contributed by atoms with E-state index in [1.165, 1.54) is 17.2 Å². The van der Waals surface area contributed by atoms with E-state index in [9.17, 15) is 13.2 Å². The van der Waals surface area contributed by atoms with E-state index in [4.69, 9.17) is 0 Å². The molecule has 0 saturated carbocycles. The van der Waals surface area contributed by atoms with E-state index in [2.05, 4.69) is 14.9 Å². The number of hydrogen-bond acceptors (Lipinski definition) is 4. The van der Waals surface area contributed by atoms with Gasteiger partial charge in [0.1, 0.15) is 11.4 Å². The number of nitrogens with zero attached hydrogens (tertiary/aromatic N) is 2. The fourth-order valence-electron chi connectivity index (χ4n) is 1.84. The Labute approximate surface area is 129 Å². The molecule has 0 fully saturated rings. The zero-order chi connectivity index (χ0) is 16.5. The van der Waals surface area contributed by atoms with Crippen LogP contribution in [0.25, 0.3) is 0 Å². The van der Waals surface area contributed by atoms with E-state index in [1.54, 1.807) is 26.2 Å². The molecule has 22 heavy (non-hydrogen) atoms. The lowest BCUT2D eigenvalue weighted by atomic mass is 10.1. The summed E-state index contributed by atoms with van der Waals surface area (Å²) in [7, 11) is -0.636. The Kier molecular flexibility index (Phi) is 4.23. The Morgan fingerprint density at radius 3 is 2.50 bits per heavy atom. The average molecular weight is 322 g/mol. The summed E-state index contributed by atoms with van der Waals surface area (Å²) in [6.45, 7) is 3.74. The van der Waals surface area contributed by atoms with Crippen LogP contribution in [0.5, 0.6) is 0 Å². The largest absolute Gasteiger partial charge is 0.345 e. The monoisotopic (exact) mass is 322 g/mol. The van der Waals surface area contributed by atoms with Crippen LogP contribution in [0.2, 0.25) is 0 Å². The molecule has 0 radical (unpaired) electrons. The van der Waals surface area contributed by atoms with Crippen molar-refractivity contribution in [2.24, 2.45) is 0 Å². The predicted molar refractivity (Wildman–Crippen MR) is 83.3 cm³/mol. The van der Waals surface area contributed by atoms with Crippen molar-refractivity contribution in [3.8, 4) is 0 Å². The summed E-state index contributed by atoms with van der Waals surface area (Å²) in [6.07, 6.45) is 1.29. The Morgan fingerprint density at radius 2 is 1.91 bits per heavy atom. The van der Waals surface area contributed by atoms with Gasteiger partial charge in [0.25, 0.3) is 15.9 Å². The molecule has 0 aliphatic heterocycles. The fourth-order valence-corrected chi connectivity index (χ4v) is 2.96. The molecule has 1 amide bonds. The highest BCUT2D eigenvalue weighted by atomic mass is 32.2. The van der Waals surface area contributed by atoms with Crippen molar-refractivity contribution in [2.75, 3.05) is 18.8 Å². The molecule has 7 nitrogen and oxygen atoms in total. The molecule has 1 heterocycles. The summed E-state index contributed by atoms with van der Waals surface area (Å²) in [5.41, 5.74) is 2.04. The molecule has 0 saturated heterocycles. The molecule has 0 spiro atoms. The second-order valence-corrected chi connectivity index (χ2v) is 6.89. The van der Waals surface area contributed by atoms with Crippen LogP contribution in [-0.2, 0) is 10.0 Å². The fraction of sp³-hybridized carbons (Fsp3) is 0.286. The number of carbonyl (C=O) groups excluding carboxylic acids is 1. The van der Waals surface area contributed by atoms with Gasteiger partial charge in [0.2, 0.25) is 0 Å². The van der Waals surface area contributed by atoms with Gasteiger partial charge >= 0.3 is 0 Å². The quantitative estimate of drug-likeness (QED) is 0.892. The van der Waals surface area contributed by atoms with Crippen LogP contribution in [0.1, 0.15) is 21.5 Å². The number of hydrogen-bond donors (Lipinski definition) is 2. The predicted octanol–water partition coefficient (Wildman–Crippen LogP) is 1.53. The molecule has 1 aromatic heterocycles. The molecule has 0 atom stereocenters. The lowest BCUT2D eigenvalue weighted by molar-refractivity contribution is 0.0828. The van der Waals surface area contributed by atoms with E-state index in [0.717, 1.165) is 11.1 Å². The van der Waals surface area contributed by atoms with E-state index in [-0.39, 0.29) is 22.2 Å². The number of anilines is 1. The summed E-state index contributed by atoms with van der Waals surface area (Å²) in [5, 5.41) is 6.24. The highest BCUT2D eigenvalue weighted by Gasteiger charge is 2.21. The third-order valence-corrected chi connectivity index (χ3v) is 4.65. The van der Waals surface area contributed by atoms with Gasteiger partial charge in [0.05, 0.1) is 11.1 Å². The number of aromatic amines is 1. The molecule has 0 aliphatic rings. The third-order valence-electron chi connectivity index (χ3n) is 3.30. The molecule has 2 aromatic rings. The molecule has 1 aromatic carbocycles. The van der Waals surface area contributed by atoms with E-state index < -0.39 is 10.0 Å². The molecule has 118 valence electrons. The number of benzene rings is 1. The van der Waals surface area contributed by atoms with Crippen molar-refractivity contribution in [3.63, 3.8) is 0 Å². The summed E-state index contributed by atoms with van der Waals surface area (Å²) in [6, 6.07) is 4.85. The van der Waals surface area contributed by atoms with Gasteiger partial charge in [0.15, 0.2) is 0 Å². The Bertz CT molecular complexity index is 809. The number of H-pyrrole nitrogens is 1. The van der Waals surface area contributed by atoms with Crippen molar-refractivity contribution in [2.45, 2.75) is 18.7 Å². The normalized spacial score (nSPS) is 11.3. The first-order valence-corrected chi connectivity index (χ1v) is 8.06. The summed E-state index contributed by atoms with van der Waals surface area (Å²) in [4.78, 5) is 13.5. The number of amides is 1. The maximum absolute atomic E-state index is 12.4. The molecule has 0 bridgehead atoms. The third kappa shape index (κ3) is 3.11. The van der Waals surface area contributed by atoms with E-state index in [0.29, 0.717) is 0 Å². The van der Waals surface area contributed by atoms with Crippen molar-refractivity contribution in [3.05, 3.63) is 41.1 Å². The first-order valence-electron chi connectivity index (χ1n) is 6.57. The lowest BCUT2D eigenvalue weighted by Gasteiger charge is -2.12. The van der Waals surface area contributed by atoms with Crippen molar-refractivity contribution in [1.82, 2.24) is 15.1 Å². The van der Waals surface area contributed by atoms with Crippen LogP contribution in [0.3, 0.4) is 0 Å². The molecule has 8 heteroatoms. The molecular weight excluding hydrogens is 304 g/mol. The first-order chi connectivity index (χ1) is 10.2. The Balaban J connectivity index is 2.36. The van der Waals surface area contributed by atoms with Gasteiger partial charge in [-0.3, -0.25) is 14.6 Å². The van der Waals surface area contributed by atoms with Crippen LogP contribution in [0.15, 0.2) is 29.3 Å². The minimum Gasteiger partial charge on any atom is -0.345 e. The van der Waals surface area contributed by atoms with Gasteiger partial charge in [-0.25, -0.2) is 8.42 Å². The van der Waals surface area contributed by atoms with Gasteiger partial charge in [-0.15, -0.1) is 0 Å². The standard InChI is InChI=1S/C14H18N4O3S/c1-9-5-6-11(7-10(9)2)22(20,21)17-13-12(8-15-16-13)14(19)18(3)4/h5-8H,1-4H3,(H2,15,16,17). The molecule has 2 N–H and O–H groups in total. The maximum atomic E-state index is 12.4. The highest BCUT2D eigenvalue weighted by Crippen LogP contribution is 2.20. The summed E-state index contributed by atoms with van der Waals surface area (Å²) < 4.78 is 27.2. The molecule has 0 aliphatic carbocycles. The number of carbonyl (C=O) groups is 1. The smallest absolute Gasteiger partial charge is 0.263 e. The van der Waals surface area contributed by atoms with Gasteiger partial charge < -0.3 is 4.90 Å². The average Bonchev–Trinajstić information content (AvgIpc) is 2.88. The lowest BCUT2D eigenvalue weighted by Crippen LogP contribution is -2.23. The number of aryl methyl sites for hydroxylation is 2. The summed E-state index contributed by atoms with van der Waals surface area (Å²) >= 11 is 0.